The van der Waals surface area contributed by atoms with Crippen LogP contribution in [0, 0.1) is 0 Å². The minimum absolute atomic E-state index is 0.247. The van der Waals surface area contributed by atoms with E-state index >= 15 is 0 Å². The largest absolute Gasteiger partial charge is 0.315 e. The first-order chi connectivity index (χ1) is 8.75. The molecular weight excluding hydrogens is 224 g/mol. The molecule has 4 nitrogen and oxygen atoms in total. The van der Waals surface area contributed by atoms with Crippen LogP contribution in [0.15, 0.2) is 12.3 Å². The van der Waals surface area contributed by atoms with E-state index in [2.05, 4.69) is 34.5 Å². The maximum Gasteiger partial charge on any atom is 0.0762 e. The van der Waals surface area contributed by atoms with Crippen LogP contribution in [0.25, 0.3) is 0 Å². The Hall–Kier alpha value is -0.870. The number of hydrogen-bond donors (Lipinski definition) is 2. The van der Waals surface area contributed by atoms with Crippen LogP contribution in [0.5, 0.6) is 0 Å². The molecule has 3 rings (SSSR count). The summed E-state index contributed by atoms with van der Waals surface area (Å²) in [6.07, 6.45) is 8.69. The Kier molecular flexibility index (Phi) is 3.39. The van der Waals surface area contributed by atoms with Gasteiger partial charge in [-0.15, -0.1) is 0 Å². The lowest BCUT2D eigenvalue weighted by Crippen LogP contribution is -2.43. The molecule has 2 heterocycles. The Morgan fingerprint density at radius 2 is 2.33 bits per heavy atom. The van der Waals surface area contributed by atoms with Crippen molar-refractivity contribution < 1.29 is 0 Å². The van der Waals surface area contributed by atoms with Crippen molar-refractivity contribution in [2.24, 2.45) is 0 Å². The van der Waals surface area contributed by atoms with Crippen molar-refractivity contribution in [1.82, 2.24) is 20.4 Å². The lowest BCUT2D eigenvalue weighted by atomic mass is 10.0. The highest BCUT2D eigenvalue weighted by atomic mass is 15.3. The number of aromatic nitrogens is 2. The summed E-state index contributed by atoms with van der Waals surface area (Å²) in [7, 11) is 0. The molecule has 1 saturated heterocycles. The zero-order chi connectivity index (χ0) is 12.4. The van der Waals surface area contributed by atoms with E-state index in [0.29, 0.717) is 6.04 Å². The van der Waals surface area contributed by atoms with Gasteiger partial charge in [-0.3, -0.25) is 4.68 Å². The van der Waals surface area contributed by atoms with Crippen LogP contribution in [0.3, 0.4) is 0 Å². The monoisotopic (exact) mass is 248 g/mol. The summed E-state index contributed by atoms with van der Waals surface area (Å²) in [5.41, 5.74) is 1.42. The van der Waals surface area contributed by atoms with Crippen LogP contribution in [0.4, 0.5) is 0 Å². The van der Waals surface area contributed by atoms with Crippen molar-refractivity contribution in [3.05, 3.63) is 18.0 Å². The molecule has 2 N–H and O–H groups in total. The van der Waals surface area contributed by atoms with Gasteiger partial charge in [-0.05, 0) is 38.8 Å². The van der Waals surface area contributed by atoms with Gasteiger partial charge in [-0.2, -0.15) is 5.10 Å². The normalized spacial score (nSPS) is 29.2. The van der Waals surface area contributed by atoms with Crippen LogP contribution < -0.4 is 10.6 Å². The average molecular weight is 248 g/mol. The number of nitrogens with one attached hydrogen (secondary N) is 2. The molecule has 1 aliphatic heterocycles. The summed E-state index contributed by atoms with van der Waals surface area (Å²) in [5.74, 6) is 0. The van der Waals surface area contributed by atoms with Gasteiger partial charge in [0.1, 0.15) is 0 Å². The quantitative estimate of drug-likeness (QED) is 0.854. The van der Waals surface area contributed by atoms with Crippen LogP contribution in [0.2, 0.25) is 0 Å². The Balaban J connectivity index is 1.56. The van der Waals surface area contributed by atoms with Gasteiger partial charge < -0.3 is 10.6 Å². The Morgan fingerprint density at radius 3 is 3.06 bits per heavy atom. The molecule has 0 spiro atoms. The molecule has 0 aromatic carbocycles. The van der Waals surface area contributed by atoms with E-state index in [9.17, 15) is 0 Å². The van der Waals surface area contributed by atoms with Gasteiger partial charge in [-0.1, -0.05) is 12.8 Å². The fourth-order valence-corrected chi connectivity index (χ4v) is 3.12. The molecule has 0 bridgehead atoms. The maximum atomic E-state index is 4.72. The lowest BCUT2D eigenvalue weighted by molar-refractivity contribution is 0.380. The highest BCUT2D eigenvalue weighted by Crippen LogP contribution is 2.28. The fraction of sp³-hybridized carbons (Fsp3) is 0.786. The molecule has 18 heavy (non-hydrogen) atoms. The summed E-state index contributed by atoms with van der Waals surface area (Å²) >= 11 is 0. The maximum absolute atomic E-state index is 4.72. The van der Waals surface area contributed by atoms with Crippen LogP contribution >= 0.6 is 0 Å². The molecule has 100 valence electrons. The predicted octanol–water partition coefficient (Wildman–Crippen LogP) is 1.84. The summed E-state index contributed by atoms with van der Waals surface area (Å²) < 4.78 is 2.18. The average Bonchev–Trinajstić information content (AvgIpc) is 3.08. The molecule has 2 fully saturated rings. The van der Waals surface area contributed by atoms with E-state index in [4.69, 9.17) is 5.10 Å². The minimum atomic E-state index is 0.247. The molecule has 1 aromatic rings. The predicted molar refractivity (Wildman–Crippen MR) is 72.5 cm³/mol. The molecule has 1 aromatic heterocycles. The van der Waals surface area contributed by atoms with Crippen molar-refractivity contribution in [2.75, 3.05) is 13.1 Å². The Labute approximate surface area is 109 Å². The van der Waals surface area contributed by atoms with E-state index < -0.39 is 0 Å². The van der Waals surface area contributed by atoms with Crippen molar-refractivity contribution >= 4 is 0 Å². The molecule has 1 saturated carbocycles. The smallest absolute Gasteiger partial charge is 0.0762 e. The third-order valence-electron chi connectivity index (χ3n) is 4.43. The molecule has 1 unspecified atom stereocenters. The molecule has 0 radical (unpaired) electrons. The highest BCUT2D eigenvalue weighted by Gasteiger charge is 2.27. The minimum Gasteiger partial charge on any atom is -0.315 e. The number of rotatable bonds is 4. The molecule has 1 atom stereocenters. The van der Waals surface area contributed by atoms with Crippen molar-refractivity contribution in [1.29, 1.82) is 0 Å². The Bertz CT molecular complexity index is 386. The summed E-state index contributed by atoms with van der Waals surface area (Å²) in [5, 5.41) is 11.8. The van der Waals surface area contributed by atoms with Gasteiger partial charge in [-0.25, -0.2) is 0 Å². The fourth-order valence-electron chi connectivity index (χ4n) is 3.12. The van der Waals surface area contributed by atoms with E-state index in [-0.39, 0.29) is 5.54 Å². The van der Waals surface area contributed by atoms with Crippen LogP contribution in [0.1, 0.15) is 50.8 Å². The van der Waals surface area contributed by atoms with Gasteiger partial charge >= 0.3 is 0 Å². The van der Waals surface area contributed by atoms with E-state index in [0.717, 1.165) is 19.6 Å². The summed E-state index contributed by atoms with van der Waals surface area (Å²) in [6.45, 7) is 5.37. The zero-order valence-electron chi connectivity index (χ0n) is 11.3. The molecule has 0 amide bonds. The second-order valence-electron chi connectivity index (χ2n) is 6.07. The van der Waals surface area contributed by atoms with E-state index in [1.165, 1.54) is 37.8 Å². The van der Waals surface area contributed by atoms with Crippen molar-refractivity contribution in [3.8, 4) is 0 Å². The van der Waals surface area contributed by atoms with Gasteiger partial charge in [0.15, 0.2) is 0 Å². The van der Waals surface area contributed by atoms with Crippen molar-refractivity contribution in [3.63, 3.8) is 0 Å². The first kappa shape index (κ1) is 12.2. The van der Waals surface area contributed by atoms with E-state index in [1.807, 2.05) is 0 Å². The number of nitrogens with zero attached hydrogens (tertiary/aromatic N) is 2. The number of hydrogen-bond acceptors (Lipinski definition) is 3. The summed E-state index contributed by atoms with van der Waals surface area (Å²) in [6, 6.07) is 2.82. The molecule has 1 aliphatic carbocycles. The van der Waals surface area contributed by atoms with Gasteiger partial charge in [0, 0.05) is 24.8 Å². The third-order valence-corrected chi connectivity index (χ3v) is 4.43. The lowest BCUT2D eigenvalue weighted by Gasteiger charge is -2.23. The third kappa shape index (κ3) is 2.59. The topological polar surface area (TPSA) is 41.9 Å². The van der Waals surface area contributed by atoms with Crippen LogP contribution in [-0.2, 0) is 6.54 Å². The first-order valence-electron chi connectivity index (χ1n) is 7.25. The van der Waals surface area contributed by atoms with Crippen molar-refractivity contribution in [2.45, 2.75) is 57.2 Å². The molecular formula is C14H24N4. The van der Waals surface area contributed by atoms with Gasteiger partial charge in [0.25, 0.3) is 0 Å². The second kappa shape index (κ2) is 5.02. The van der Waals surface area contributed by atoms with Crippen LogP contribution in [-0.4, -0.2) is 28.4 Å². The standard InChI is InChI=1S/C14H24N4/c1-14(7-8-15-11-14)16-10-12-6-9-18(17-12)13-4-2-3-5-13/h6,9,13,15-16H,2-5,7-8,10-11H2,1H3. The van der Waals surface area contributed by atoms with Gasteiger partial charge in [0.2, 0.25) is 0 Å². The SMILES string of the molecule is CC1(NCc2ccn(C3CCCC3)n2)CCNC1. The molecule has 2 aliphatic rings. The summed E-state index contributed by atoms with van der Waals surface area (Å²) in [4.78, 5) is 0. The first-order valence-corrected chi connectivity index (χ1v) is 7.25. The van der Waals surface area contributed by atoms with Gasteiger partial charge in [0.05, 0.1) is 11.7 Å². The molecule has 4 heteroatoms. The van der Waals surface area contributed by atoms with E-state index in [1.54, 1.807) is 0 Å². The highest BCUT2D eigenvalue weighted by molar-refractivity contribution is 5.02. The Morgan fingerprint density at radius 1 is 1.50 bits per heavy atom. The second-order valence-corrected chi connectivity index (χ2v) is 6.07. The zero-order valence-corrected chi connectivity index (χ0v) is 11.3.